The largest absolute Gasteiger partial charge is 0.394 e. The highest BCUT2D eigenvalue weighted by Crippen LogP contribution is 2.15. The summed E-state index contributed by atoms with van der Waals surface area (Å²) in [5.74, 6) is -0.157. The predicted octanol–water partition coefficient (Wildman–Crippen LogP) is 12.2. The lowest BCUT2D eigenvalue weighted by Crippen LogP contribution is -2.50. The van der Waals surface area contributed by atoms with Crippen LogP contribution in [0.1, 0.15) is 226 Å². The zero-order valence-electron chi connectivity index (χ0n) is 32.8. The first-order valence-electron chi connectivity index (χ1n) is 21.6. The third-order valence-corrected chi connectivity index (χ3v) is 10.0. The van der Waals surface area contributed by atoms with Gasteiger partial charge in [0, 0.05) is 6.42 Å². The van der Waals surface area contributed by atoms with Crippen LogP contribution in [0, 0.1) is 0 Å². The van der Waals surface area contributed by atoms with Gasteiger partial charge in [0.05, 0.1) is 18.8 Å². The lowest BCUT2D eigenvalue weighted by molar-refractivity contribution is -0.124. The molecule has 0 aromatic heterocycles. The number of aliphatic hydroxyl groups is 3. The molecule has 0 fully saturated rings. The van der Waals surface area contributed by atoms with Gasteiger partial charge in [-0.3, -0.25) is 4.79 Å². The average molecular weight is 692 g/mol. The van der Waals surface area contributed by atoms with E-state index in [1.807, 2.05) is 0 Å². The molecule has 1 amide bonds. The minimum Gasteiger partial charge on any atom is -0.394 e. The minimum atomic E-state index is -1.16. The van der Waals surface area contributed by atoms with E-state index in [2.05, 4.69) is 43.5 Å². The van der Waals surface area contributed by atoms with Crippen LogP contribution in [-0.4, -0.2) is 46.1 Å². The number of amides is 1. The fraction of sp³-hybridized carbons (Fsp3) is 0.886. The molecule has 5 heteroatoms. The summed E-state index contributed by atoms with van der Waals surface area (Å²) < 4.78 is 0. The summed E-state index contributed by atoms with van der Waals surface area (Å²) in [7, 11) is 0. The molecule has 0 heterocycles. The van der Waals surface area contributed by atoms with Crippen LogP contribution in [0.2, 0.25) is 0 Å². The van der Waals surface area contributed by atoms with E-state index < -0.39 is 18.2 Å². The number of hydrogen-bond acceptors (Lipinski definition) is 4. The molecule has 0 aromatic carbocycles. The van der Waals surface area contributed by atoms with E-state index in [-0.39, 0.29) is 12.5 Å². The maximum Gasteiger partial charge on any atom is 0.220 e. The molecule has 3 unspecified atom stereocenters. The summed E-state index contributed by atoms with van der Waals surface area (Å²) in [6.07, 6.45) is 47.1. The van der Waals surface area contributed by atoms with E-state index in [0.717, 1.165) is 44.9 Å². The van der Waals surface area contributed by atoms with Crippen molar-refractivity contribution < 1.29 is 20.1 Å². The Bertz CT molecular complexity index is 724. The van der Waals surface area contributed by atoms with E-state index in [1.54, 1.807) is 0 Å². The lowest BCUT2D eigenvalue weighted by Gasteiger charge is -2.26. The maximum absolute atomic E-state index is 12.4. The third-order valence-electron chi connectivity index (χ3n) is 10.0. The third kappa shape index (κ3) is 35.0. The van der Waals surface area contributed by atoms with E-state index in [4.69, 9.17) is 0 Å². The molecule has 0 saturated carbocycles. The van der Waals surface area contributed by atoms with E-state index in [9.17, 15) is 20.1 Å². The van der Waals surface area contributed by atoms with Crippen molar-refractivity contribution in [1.29, 1.82) is 0 Å². The topological polar surface area (TPSA) is 89.8 Å². The number of rotatable bonds is 39. The van der Waals surface area contributed by atoms with E-state index in [1.165, 1.54) is 154 Å². The normalized spacial score (nSPS) is 13.8. The molecule has 49 heavy (non-hydrogen) atoms. The van der Waals surface area contributed by atoms with Crippen molar-refractivity contribution in [3.8, 4) is 0 Å². The summed E-state index contributed by atoms with van der Waals surface area (Å²) in [4.78, 5) is 12.4. The Balaban J connectivity index is 3.69. The quantitative estimate of drug-likeness (QED) is 0.0381. The van der Waals surface area contributed by atoms with Crippen molar-refractivity contribution >= 4 is 5.91 Å². The highest BCUT2D eigenvalue weighted by atomic mass is 16.3. The Morgan fingerprint density at radius 1 is 0.490 bits per heavy atom. The second-order valence-electron chi connectivity index (χ2n) is 14.9. The number of carbonyl (C=O) groups excluding carboxylic acids is 1. The Kier molecular flexibility index (Phi) is 38.7. The molecule has 0 radical (unpaired) electrons. The summed E-state index contributed by atoms with van der Waals surface area (Å²) >= 11 is 0. The van der Waals surface area contributed by atoms with Gasteiger partial charge in [0.25, 0.3) is 0 Å². The van der Waals surface area contributed by atoms with Crippen molar-refractivity contribution in [1.82, 2.24) is 5.32 Å². The molecule has 0 aliphatic heterocycles. The Hall–Kier alpha value is -1.17. The number of aliphatic hydroxyl groups excluding tert-OH is 3. The van der Waals surface area contributed by atoms with Crippen LogP contribution >= 0.6 is 0 Å². The molecule has 0 aliphatic carbocycles. The van der Waals surface area contributed by atoms with Crippen LogP contribution in [0.25, 0.3) is 0 Å². The number of carbonyl (C=O) groups is 1. The standard InChI is InChI=1S/C44H85NO4/c1-3-5-7-9-11-13-15-17-19-20-21-22-23-24-25-26-28-30-32-34-36-38-42(47)44(49)41(40-46)45-43(48)39-37-35-33-31-29-27-18-16-14-12-10-8-6-4-2/h24-25,30,32,41-42,44,46-47,49H,3-23,26-29,31,33-40H2,1-2H3,(H,45,48)/b25-24+,32-30+. The average Bonchev–Trinajstić information content (AvgIpc) is 3.10. The van der Waals surface area contributed by atoms with Crippen LogP contribution in [-0.2, 0) is 4.79 Å². The lowest BCUT2D eigenvalue weighted by atomic mass is 10.0. The fourth-order valence-corrected chi connectivity index (χ4v) is 6.65. The molecule has 0 aromatic rings. The van der Waals surface area contributed by atoms with Gasteiger partial charge in [0.1, 0.15) is 6.10 Å². The van der Waals surface area contributed by atoms with E-state index >= 15 is 0 Å². The van der Waals surface area contributed by atoms with Gasteiger partial charge in [-0.15, -0.1) is 0 Å². The number of hydrogen-bond donors (Lipinski definition) is 4. The van der Waals surface area contributed by atoms with Crippen LogP contribution in [0.5, 0.6) is 0 Å². The van der Waals surface area contributed by atoms with Crippen molar-refractivity contribution in [3.05, 3.63) is 24.3 Å². The van der Waals surface area contributed by atoms with Crippen LogP contribution in [0.3, 0.4) is 0 Å². The van der Waals surface area contributed by atoms with E-state index in [0.29, 0.717) is 12.8 Å². The molecular formula is C44H85NO4. The monoisotopic (exact) mass is 692 g/mol. The van der Waals surface area contributed by atoms with Gasteiger partial charge in [-0.2, -0.15) is 0 Å². The highest BCUT2D eigenvalue weighted by Gasteiger charge is 2.26. The summed E-state index contributed by atoms with van der Waals surface area (Å²) in [5.41, 5.74) is 0. The number of nitrogens with one attached hydrogen (secondary N) is 1. The fourth-order valence-electron chi connectivity index (χ4n) is 6.65. The molecule has 5 nitrogen and oxygen atoms in total. The summed E-state index contributed by atoms with van der Waals surface area (Å²) in [6.45, 7) is 4.17. The number of allylic oxidation sites excluding steroid dienone is 4. The first-order chi connectivity index (χ1) is 24.1. The van der Waals surface area contributed by atoms with Gasteiger partial charge in [-0.25, -0.2) is 0 Å². The molecule has 0 spiro atoms. The Morgan fingerprint density at radius 2 is 0.837 bits per heavy atom. The van der Waals surface area contributed by atoms with Crippen LogP contribution in [0.4, 0.5) is 0 Å². The molecule has 0 rings (SSSR count). The zero-order valence-corrected chi connectivity index (χ0v) is 32.8. The summed E-state index contributed by atoms with van der Waals surface area (Å²) in [6, 6.07) is -0.827. The van der Waals surface area contributed by atoms with Gasteiger partial charge in [-0.05, 0) is 51.4 Å². The Labute approximate surface area is 305 Å². The first kappa shape index (κ1) is 47.8. The maximum atomic E-state index is 12.4. The molecule has 3 atom stereocenters. The van der Waals surface area contributed by atoms with Gasteiger partial charge in [0.2, 0.25) is 5.91 Å². The van der Waals surface area contributed by atoms with Crippen LogP contribution in [0.15, 0.2) is 24.3 Å². The second kappa shape index (κ2) is 39.6. The van der Waals surface area contributed by atoms with Gasteiger partial charge >= 0.3 is 0 Å². The zero-order chi connectivity index (χ0) is 35.9. The van der Waals surface area contributed by atoms with Gasteiger partial charge in [0.15, 0.2) is 0 Å². The molecule has 0 aliphatic rings. The molecule has 290 valence electrons. The van der Waals surface area contributed by atoms with Crippen molar-refractivity contribution in [3.63, 3.8) is 0 Å². The Morgan fingerprint density at radius 3 is 1.24 bits per heavy atom. The molecular weight excluding hydrogens is 606 g/mol. The summed E-state index contributed by atoms with van der Waals surface area (Å²) in [5, 5.41) is 33.5. The number of unbranched alkanes of at least 4 members (excludes halogenated alkanes) is 27. The van der Waals surface area contributed by atoms with Crippen molar-refractivity contribution in [2.24, 2.45) is 0 Å². The molecule has 4 N–H and O–H groups in total. The minimum absolute atomic E-state index is 0.157. The molecule has 0 saturated heterocycles. The van der Waals surface area contributed by atoms with Crippen LogP contribution < -0.4 is 5.32 Å². The predicted molar refractivity (Wildman–Crippen MR) is 213 cm³/mol. The molecule has 0 bridgehead atoms. The van der Waals surface area contributed by atoms with Crippen molar-refractivity contribution in [2.75, 3.05) is 6.61 Å². The second-order valence-corrected chi connectivity index (χ2v) is 14.9. The smallest absolute Gasteiger partial charge is 0.220 e. The van der Waals surface area contributed by atoms with Gasteiger partial charge < -0.3 is 20.6 Å². The van der Waals surface area contributed by atoms with Gasteiger partial charge in [-0.1, -0.05) is 192 Å². The highest BCUT2D eigenvalue weighted by molar-refractivity contribution is 5.76. The first-order valence-corrected chi connectivity index (χ1v) is 21.6. The van der Waals surface area contributed by atoms with Crippen molar-refractivity contribution in [2.45, 2.75) is 244 Å². The SMILES string of the molecule is CCCCCCCCCCCCCC/C=C/CC/C=C/CCCC(O)C(O)C(CO)NC(=O)CCCCCCCCCCCCCCCC.